The number of aryl methyl sites for hydroxylation is 1. The number of nitrogens with zero attached hydrogens (tertiary/aromatic N) is 1. The van der Waals surface area contributed by atoms with Crippen LogP contribution < -0.4 is 5.32 Å². The Hall–Kier alpha value is -2.14. The minimum absolute atomic E-state index is 0.340. The van der Waals surface area contributed by atoms with Gasteiger partial charge >= 0.3 is 5.97 Å². The third-order valence-electron chi connectivity index (χ3n) is 2.86. The smallest absolute Gasteiger partial charge is 0.320 e. The molecule has 0 spiro atoms. The summed E-state index contributed by atoms with van der Waals surface area (Å²) in [5.74, 6) is -0.276. The zero-order chi connectivity index (χ0) is 13.8. The first-order valence-electron chi connectivity index (χ1n) is 6.05. The van der Waals surface area contributed by atoms with Crippen LogP contribution in [0.3, 0.4) is 0 Å². The third-order valence-corrected chi connectivity index (χ3v) is 2.86. The molecule has 0 aliphatic rings. The number of aromatic nitrogens is 1. The van der Waals surface area contributed by atoms with Gasteiger partial charge in [-0.15, -0.1) is 0 Å². The highest BCUT2D eigenvalue weighted by molar-refractivity contribution is 5.72. The third kappa shape index (κ3) is 3.42. The van der Waals surface area contributed by atoms with E-state index in [4.69, 9.17) is 9.63 Å². The van der Waals surface area contributed by atoms with E-state index >= 15 is 0 Å². The van der Waals surface area contributed by atoms with Crippen molar-refractivity contribution in [3.63, 3.8) is 0 Å². The number of hydrogen-bond acceptors (Lipinski definition) is 4. The molecule has 1 atom stereocenters. The summed E-state index contributed by atoms with van der Waals surface area (Å²) in [7, 11) is 0. The Morgan fingerprint density at radius 2 is 2.11 bits per heavy atom. The SMILES string of the molecule is Cc1ccc(-c2cc(CN[C@H](C)C(=O)O)on2)cc1. The van der Waals surface area contributed by atoms with Crippen molar-refractivity contribution in [2.75, 3.05) is 0 Å². The van der Waals surface area contributed by atoms with Gasteiger partial charge in [0, 0.05) is 11.6 Å². The minimum Gasteiger partial charge on any atom is -0.480 e. The topological polar surface area (TPSA) is 75.4 Å². The van der Waals surface area contributed by atoms with E-state index in [0.717, 1.165) is 11.3 Å². The van der Waals surface area contributed by atoms with E-state index in [1.165, 1.54) is 5.56 Å². The van der Waals surface area contributed by atoms with Crippen molar-refractivity contribution < 1.29 is 14.4 Å². The lowest BCUT2D eigenvalue weighted by Crippen LogP contribution is -2.32. The van der Waals surface area contributed by atoms with Crippen LogP contribution in [0.2, 0.25) is 0 Å². The van der Waals surface area contributed by atoms with Crippen LogP contribution in [0.5, 0.6) is 0 Å². The first-order chi connectivity index (χ1) is 9.06. The van der Waals surface area contributed by atoms with Gasteiger partial charge in [0.05, 0.1) is 6.54 Å². The summed E-state index contributed by atoms with van der Waals surface area (Å²) in [4.78, 5) is 10.7. The molecule has 0 aliphatic heterocycles. The lowest BCUT2D eigenvalue weighted by molar-refractivity contribution is -0.139. The number of carboxylic acids is 1. The number of rotatable bonds is 5. The Kier molecular flexibility index (Phi) is 3.97. The molecule has 1 aromatic carbocycles. The van der Waals surface area contributed by atoms with Crippen LogP contribution in [-0.4, -0.2) is 22.3 Å². The molecule has 19 heavy (non-hydrogen) atoms. The van der Waals surface area contributed by atoms with Crippen LogP contribution >= 0.6 is 0 Å². The van der Waals surface area contributed by atoms with E-state index in [9.17, 15) is 4.79 Å². The monoisotopic (exact) mass is 260 g/mol. The van der Waals surface area contributed by atoms with Crippen molar-refractivity contribution in [1.29, 1.82) is 0 Å². The number of hydrogen-bond donors (Lipinski definition) is 2. The highest BCUT2D eigenvalue weighted by Crippen LogP contribution is 2.19. The zero-order valence-corrected chi connectivity index (χ0v) is 10.9. The molecule has 1 aromatic heterocycles. The second kappa shape index (κ2) is 5.67. The fourth-order valence-corrected chi connectivity index (χ4v) is 1.60. The Labute approximate surface area is 111 Å². The van der Waals surface area contributed by atoms with Gasteiger partial charge in [0.25, 0.3) is 0 Å². The van der Waals surface area contributed by atoms with Crippen LogP contribution in [0.25, 0.3) is 11.3 Å². The van der Waals surface area contributed by atoms with E-state index < -0.39 is 12.0 Å². The maximum atomic E-state index is 10.7. The predicted octanol–water partition coefficient (Wildman–Crippen LogP) is 2.21. The van der Waals surface area contributed by atoms with Crippen LogP contribution in [0.1, 0.15) is 18.2 Å². The standard InChI is InChI=1S/C14H16N2O3/c1-9-3-5-11(6-4-9)13-7-12(19-16-13)8-15-10(2)14(17)18/h3-7,10,15H,8H2,1-2H3,(H,17,18)/t10-/m1/s1. The highest BCUT2D eigenvalue weighted by atomic mass is 16.5. The summed E-state index contributed by atoms with van der Waals surface area (Å²) in [6.07, 6.45) is 0. The Morgan fingerprint density at radius 3 is 2.74 bits per heavy atom. The fourth-order valence-electron chi connectivity index (χ4n) is 1.60. The van der Waals surface area contributed by atoms with E-state index in [2.05, 4.69) is 10.5 Å². The number of carbonyl (C=O) groups is 1. The number of benzene rings is 1. The molecule has 0 unspecified atom stereocenters. The van der Waals surface area contributed by atoms with Gasteiger partial charge in [0.2, 0.25) is 0 Å². The summed E-state index contributed by atoms with van der Waals surface area (Å²) in [5.41, 5.74) is 2.91. The van der Waals surface area contributed by atoms with Crippen LogP contribution in [-0.2, 0) is 11.3 Å². The molecule has 0 amide bonds. The van der Waals surface area contributed by atoms with Crippen molar-refractivity contribution in [3.05, 3.63) is 41.7 Å². The van der Waals surface area contributed by atoms with Crippen molar-refractivity contribution in [2.45, 2.75) is 26.4 Å². The fraction of sp³-hybridized carbons (Fsp3) is 0.286. The molecule has 0 saturated carbocycles. The van der Waals surface area contributed by atoms with Crippen LogP contribution in [0.4, 0.5) is 0 Å². The van der Waals surface area contributed by atoms with E-state index in [-0.39, 0.29) is 0 Å². The first kappa shape index (κ1) is 13.3. The molecule has 0 saturated heterocycles. The van der Waals surface area contributed by atoms with Gasteiger partial charge in [0.1, 0.15) is 11.7 Å². The molecule has 100 valence electrons. The second-order valence-electron chi connectivity index (χ2n) is 4.49. The van der Waals surface area contributed by atoms with Crippen LogP contribution in [0, 0.1) is 6.92 Å². The summed E-state index contributed by atoms with van der Waals surface area (Å²) < 4.78 is 5.17. The summed E-state index contributed by atoms with van der Waals surface area (Å²) >= 11 is 0. The second-order valence-corrected chi connectivity index (χ2v) is 4.49. The van der Waals surface area contributed by atoms with E-state index in [0.29, 0.717) is 12.3 Å². The number of nitrogens with one attached hydrogen (secondary N) is 1. The summed E-state index contributed by atoms with van der Waals surface area (Å²) in [5, 5.41) is 15.6. The molecule has 0 fully saturated rings. The molecule has 1 heterocycles. The molecule has 0 aliphatic carbocycles. The molecule has 2 rings (SSSR count). The first-order valence-corrected chi connectivity index (χ1v) is 6.05. The molecular formula is C14H16N2O3. The van der Waals surface area contributed by atoms with Crippen molar-refractivity contribution in [3.8, 4) is 11.3 Å². The molecule has 5 heteroatoms. The highest BCUT2D eigenvalue weighted by Gasteiger charge is 2.12. The molecule has 5 nitrogen and oxygen atoms in total. The van der Waals surface area contributed by atoms with Gasteiger partial charge in [-0.2, -0.15) is 0 Å². The maximum absolute atomic E-state index is 10.7. The average molecular weight is 260 g/mol. The largest absolute Gasteiger partial charge is 0.480 e. The molecule has 0 radical (unpaired) electrons. The minimum atomic E-state index is -0.890. The number of carboxylic acid groups (broad SMARTS) is 1. The van der Waals surface area contributed by atoms with Gasteiger partial charge in [-0.3, -0.25) is 10.1 Å². The molecule has 2 N–H and O–H groups in total. The summed E-state index contributed by atoms with van der Waals surface area (Å²) in [6, 6.07) is 9.16. The molecular weight excluding hydrogens is 244 g/mol. The summed E-state index contributed by atoms with van der Waals surface area (Å²) in [6.45, 7) is 3.95. The molecule has 2 aromatic rings. The van der Waals surface area contributed by atoms with Gasteiger partial charge in [-0.05, 0) is 13.8 Å². The lowest BCUT2D eigenvalue weighted by atomic mass is 10.1. The van der Waals surface area contributed by atoms with E-state index in [1.807, 2.05) is 37.3 Å². The average Bonchev–Trinajstić information content (AvgIpc) is 2.85. The van der Waals surface area contributed by atoms with E-state index in [1.54, 1.807) is 6.92 Å². The lowest BCUT2D eigenvalue weighted by Gasteiger charge is -2.05. The number of aliphatic carboxylic acids is 1. The predicted molar refractivity (Wildman–Crippen MR) is 70.6 cm³/mol. The Bertz CT molecular complexity index is 560. The zero-order valence-electron chi connectivity index (χ0n) is 10.9. The van der Waals surface area contributed by atoms with Crippen molar-refractivity contribution in [1.82, 2.24) is 10.5 Å². The van der Waals surface area contributed by atoms with Gasteiger partial charge in [0.15, 0.2) is 5.76 Å². The maximum Gasteiger partial charge on any atom is 0.320 e. The quantitative estimate of drug-likeness (QED) is 0.862. The molecule has 0 bridgehead atoms. The van der Waals surface area contributed by atoms with Gasteiger partial charge in [-0.25, -0.2) is 0 Å². The Balaban J connectivity index is 2.03. The van der Waals surface area contributed by atoms with Gasteiger partial charge < -0.3 is 9.63 Å². The van der Waals surface area contributed by atoms with Gasteiger partial charge in [-0.1, -0.05) is 35.0 Å². The van der Waals surface area contributed by atoms with Crippen molar-refractivity contribution >= 4 is 5.97 Å². The Morgan fingerprint density at radius 1 is 1.42 bits per heavy atom. The normalized spacial score (nSPS) is 12.3. The van der Waals surface area contributed by atoms with Crippen LogP contribution in [0.15, 0.2) is 34.9 Å². The van der Waals surface area contributed by atoms with Crippen molar-refractivity contribution in [2.24, 2.45) is 0 Å².